The van der Waals surface area contributed by atoms with Gasteiger partial charge in [0.15, 0.2) is 0 Å². The van der Waals surface area contributed by atoms with E-state index in [1.807, 2.05) is 48.5 Å². The van der Waals surface area contributed by atoms with E-state index >= 15 is 0 Å². The number of hydrogen-bond donors (Lipinski definition) is 1. The number of H-pyrrole nitrogens is 1. The molecule has 56 heavy (non-hydrogen) atoms. The summed E-state index contributed by atoms with van der Waals surface area (Å²) < 4.78 is 24.3. The lowest BCUT2D eigenvalue weighted by atomic mass is 10.0. The molecule has 0 radical (unpaired) electrons. The molecule has 0 amide bonds. The molecule has 3 aromatic heterocycles. The molecular weight excluding hydrogens is 715 g/mol. The number of ether oxygens (including phenoxy) is 4. The summed E-state index contributed by atoms with van der Waals surface area (Å²) in [4.78, 5) is 14.6. The quantitative estimate of drug-likeness (QED) is 0.167. The van der Waals surface area contributed by atoms with Crippen molar-refractivity contribution < 1.29 is 18.9 Å². The van der Waals surface area contributed by atoms with E-state index in [-0.39, 0.29) is 0 Å². The zero-order valence-electron chi connectivity index (χ0n) is 31.3. The predicted octanol–water partition coefficient (Wildman–Crippen LogP) is 12.1. The molecule has 7 nitrogen and oxygen atoms in total. The second-order valence-corrected chi connectivity index (χ2v) is 14.4. The van der Waals surface area contributed by atoms with Crippen LogP contribution in [-0.2, 0) is 0 Å². The zero-order chi connectivity index (χ0) is 38.2. The van der Waals surface area contributed by atoms with Crippen LogP contribution < -0.4 is 18.9 Å². The van der Waals surface area contributed by atoms with Crippen LogP contribution in [0.5, 0.6) is 23.0 Å². The molecular formula is C48H37N3O4S. The molecule has 0 saturated heterocycles. The third-order valence-electron chi connectivity index (χ3n) is 10.1. The summed E-state index contributed by atoms with van der Waals surface area (Å²) in [6, 6.07) is 41.3. The van der Waals surface area contributed by atoms with Crippen molar-refractivity contribution in [3.8, 4) is 67.5 Å². The predicted molar refractivity (Wildman–Crippen MR) is 230 cm³/mol. The molecule has 7 aromatic rings. The number of nitrogens with zero attached hydrogens (tertiary/aromatic N) is 2. The summed E-state index contributed by atoms with van der Waals surface area (Å²) >= 11 is 1.72. The fourth-order valence-electron chi connectivity index (χ4n) is 7.32. The van der Waals surface area contributed by atoms with Crippen molar-refractivity contribution in [1.29, 1.82) is 0 Å². The Balaban J connectivity index is 1.44. The minimum atomic E-state index is 0.786. The Morgan fingerprint density at radius 1 is 0.357 bits per heavy atom. The molecule has 8 bridgehead atoms. The van der Waals surface area contributed by atoms with Crippen molar-refractivity contribution in [2.45, 2.75) is 0 Å². The van der Waals surface area contributed by atoms with E-state index in [1.165, 1.54) is 0 Å². The van der Waals surface area contributed by atoms with Gasteiger partial charge in [-0.2, -0.15) is 0 Å². The van der Waals surface area contributed by atoms with Crippen LogP contribution in [0.1, 0.15) is 22.8 Å². The van der Waals surface area contributed by atoms with Crippen LogP contribution in [-0.4, -0.2) is 43.4 Å². The highest BCUT2D eigenvalue weighted by molar-refractivity contribution is 7.24. The first-order chi connectivity index (χ1) is 27.5. The van der Waals surface area contributed by atoms with E-state index in [0.717, 1.165) is 111 Å². The van der Waals surface area contributed by atoms with Crippen LogP contribution in [0, 0.1) is 0 Å². The molecule has 0 spiro atoms. The topological polar surface area (TPSA) is 78.5 Å². The second kappa shape index (κ2) is 14.7. The third-order valence-corrected chi connectivity index (χ3v) is 11.3. The Bertz CT molecular complexity index is 2440. The largest absolute Gasteiger partial charge is 0.497 e. The first-order valence-corrected chi connectivity index (χ1v) is 19.0. The van der Waals surface area contributed by atoms with Crippen molar-refractivity contribution in [2.24, 2.45) is 0 Å². The van der Waals surface area contributed by atoms with Gasteiger partial charge in [0.05, 0.1) is 51.2 Å². The van der Waals surface area contributed by atoms with Gasteiger partial charge in [0.25, 0.3) is 0 Å². The maximum Gasteiger partial charge on any atom is 0.118 e. The molecule has 2 aliphatic rings. The van der Waals surface area contributed by atoms with Gasteiger partial charge < -0.3 is 23.9 Å². The monoisotopic (exact) mass is 751 g/mol. The number of hydrogen-bond acceptors (Lipinski definition) is 7. The number of nitrogens with one attached hydrogen (secondary N) is 1. The summed E-state index contributed by atoms with van der Waals surface area (Å²) in [5.41, 5.74) is 13.4. The highest BCUT2D eigenvalue weighted by atomic mass is 32.1. The molecule has 0 unspecified atom stereocenters. The van der Waals surface area contributed by atoms with Gasteiger partial charge in [-0.25, -0.2) is 9.97 Å². The van der Waals surface area contributed by atoms with Crippen molar-refractivity contribution in [3.63, 3.8) is 0 Å². The lowest BCUT2D eigenvalue weighted by Crippen LogP contribution is -1.89. The van der Waals surface area contributed by atoms with Crippen LogP contribution in [0.2, 0.25) is 0 Å². The zero-order valence-corrected chi connectivity index (χ0v) is 32.1. The minimum Gasteiger partial charge on any atom is -0.497 e. The fraction of sp³-hybridized carbons (Fsp3) is 0.0833. The van der Waals surface area contributed by atoms with Gasteiger partial charge in [0, 0.05) is 42.7 Å². The highest BCUT2D eigenvalue weighted by Gasteiger charge is 2.19. The van der Waals surface area contributed by atoms with Crippen molar-refractivity contribution in [2.75, 3.05) is 28.4 Å². The Hall–Kier alpha value is -6.90. The average Bonchev–Trinajstić information content (AvgIpc) is 4.10. The molecule has 0 atom stereocenters. The number of aromatic amines is 1. The number of methoxy groups -OCH3 is 4. The number of aromatic nitrogens is 3. The summed E-state index contributed by atoms with van der Waals surface area (Å²) in [6.07, 6.45) is 8.46. The van der Waals surface area contributed by atoms with E-state index in [4.69, 9.17) is 28.9 Å². The second-order valence-electron chi connectivity index (χ2n) is 13.3. The Morgan fingerprint density at radius 3 is 0.946 bits per heavy atom. The maximum atomic E-state index is 5.54. The van der Waals surface area contributed by atoms with Crippen molar-refractivity contribution in [3.05, 3.63) is 144 Å². The van der Waals surface area contributed by atoms with Crippen LogP contribution in [0.3, 0.4) is 0 Å². The van der Waals surface area contributed by atoms with Gasteiger partial charge in [-0.1, -0.05) is 48.5 Å². The number of fused-ring (bicyclic) bond motifs is 8. The summed E-state index contributed by atoms with van der Waals surface area (Å²) in [6.45, 7) is 0. The molecule has 0 aliphatic carbocycles. The summed E-state index contributed by atoms with van der Waals surface area (Å²) in [5.74, 6) is 3.16. The Kier molecular flexibility index (Phi) is 9.17. The number of thiophene rings is 1. The SMILES string of the molecule is COc1ccc(-c2c3nc(c(-c4ccc(OC)cc4)c4ccc(s4)c(-c4ccc(OC)cc4)c4nc(c(-c5ccc(OC)cc5)c5ccc2[nH]5)C=C4)C=C3)cc1. The molecule has 1 N–H and O–H groups in total. The van der Waals surface area contributed by atoms with Crippen LogP contribution in [0.15, 0.2) is 121 Å². The van der Waals surface area contributed by atoms with Crippen LogP contribution >= 0.6 is 11.3 Å². The van der Waals surface area contributed by atoms with Crippen molar-refractivity contribution >= 4 is 56.1 Å². The van der Waals surface area contributed by atoms with Gasteiger partial charge in [0.1, 0.15) is 23.0 Å². The molecule has 9 rings (SSSR count). The van der Waals surface area contributed by atoms with E-state index in [1.54, 1.807) is 39.8 Å². The van der Waals surface area contributed by atoms with E-state index in [0.29, 0.717) is 0 Å². The highest BCUT2D eigenvalue weighted by Crippen LogP contribution is 2.42. The Labute approximate surface area is 328 Å². The third kappa shape index (κ3) is 6.40. The lowest BCUT2D eigenvalue weighted by Gasteiger charge is -2.08. The first kappa shape index (κ1) is 34.8. The number of rotatable bonds is 8. The maximum absolute atomic E-state index is 5.54. The normalized spacial score (nSPS) is 11.8. The van der Waals surface area contributed by atoms with Gasteiger partial charge in [-0.15, -0.1) is 11.3 Å². The standard InChI is InChI=1S/C48H37N3O4S/c1-52-33-13-5-29(6-14-33)45-37-21-22-38(49-37)46(30-7-15-34(53-2)16-8-30)40-24-26-42(51-40)48(32-11-19-36(55-4)20-12-32)44-28-27-43(56-44)47(41-25-23-39(45)50-41)31-9-17-35(54-3)18-10-31/h5-28,49H,1-4H3. The van der Waals surface area contributed by atoms with Crippen molar-refractivity contribution in [1.82, 2.24) is 15.0 Å². The first-order valence-electron chi connectivity index (χ1n) is 18.2. The molecule has 4 aromatic carbocycles. The van der Waals surface area contributed by atoms with Crippen LogP contribution in [0.4, 0.5) is 0 Å². The fourth-order valence-corrected chi connectivity index (χ4v) is 8.48. The van der Waals surface area contributed by atoms with Gasteiger partial charge in [-0.3, -0.25) is 0 Å². The van der Waals surface area contributed by atoms with Gasteiger partial charge in [-0.05, 0) is 119 Å². The van der Waals surface area contributed by atoms with E-state index < -0.39 is 0 Å². The molecule has 8 heteroatoms. The van der Waals surface area contributed by atoms with Crippen LogP contribution in [0.25, 0.3) is 89.2 Å². The van der Waals surface area contributed by atoms with E-state index in [9.17, 15) is 0 Å². The molecule has 274 valence electrons. The van der Waals surface area contributed by atoms with Gasteiger partial charge >= 0.3 is 0 Å². The van der Waals surface area contributed by atoms with Gasteiger partial charge in [0.2, 0.25) is 0 Å². The molecule has 5 heterocycles. The summed E-state index contributed by atoms with van der Waals surface area (Å²) in [7, 11) is 6.73. The average molecular weight is 752 g/mol. The minimum absolute atomic E-state index is 0.786. The molecule has 0 fully saturated rings. The summed E-state index contributed by atoms with van der Waals surface area (Å²) in [5, 5.41) is 0. The van der Waals surface area contributed by atoms with E-state index in [2.05, 4.69) is 102 Å². The smallest absolute Gasteiger partial charge is 0.118 e. The lowest BCUT2D eigenvalue weighted by molar-refractivity contribution is 0.415. The number of benzene rings is 4. The Morgan fingerprint density at radius 2 is 0.643 bits per heavy atom. The molecule has 2 aliphatic heterocycles. The molecule has 0 saturated carbocycles.